The largest absolute Gasteiger partial charge is 0.505 e. The van der Waals surface area contributed by atoms with Crippen molar-refractivity contribution in [1.29, 1.82) is 0 Å². The van der Waals surface area contributed by atoms with Gasteiger partial charge in [0.05, 0.1) is 11.9 Å². The number of benzene rings is 1. The molecule has 2 amide bonds. The Morgan fingerprint density at radius 1 is 1.12 bits per heavy atom. The van der Waals surface area contributed by atoms with E-state index in [0.29, 0.717) is 30.5 Å². The molecule has 4 rings (SSSR count). The molecule has 42 heavy (non-hydrogen) atoms. The molecule has 1 aromatic carbocycles. The molecule has 0 bridgehead atoms. The highest BCUT2D eigenvalue weighted by Gasteiger charge is 2.27. The summed E-state index contributed by atoms with van der Waals surface area (Å²) in [5.74, 6) is -2.29. The van der Waals surface area contributed by atoms with Crippen molar-refractivity contribution < 1.29 is 28.6 Å². The Labute approximate surface area is 243 Å². The van der Waals surface area contributed by atoms with Gasteiger partial charge in [-0.3, -0.25) is 24.2 Å². The van der Waals surface area contributed by atoms with Gasteiger partial charge in [0, 0.05) is 38.3 Å². The third-order valence-electron chi connectivity index (χ3n) is 6.97. The smallest absolute Gasteiger partial charge is 0.308 e. The van der Waals surface area contributed by atoms with E-state index in [0.717, 1.165) is 18.4 Å². The van der Waals surface area contributed by atoms with Crippen LogP contribution < -0.4 is 10.9 Å². The van der Waals surface area contributed by atoms with Gasteiger partial charge in [-0.25, -0.2) is 4.39 Å². The van der Waals surface area contributed by atoms with Crippen LogP contribution in [0, 0.1) is 5.82 Å². The molecule has 3 aromatic rings. The van der Waals surface area contributed by atoms with E-state index in [1.165, 1.54) is 22.9 Å². The summed E-state index contributed by atoms with van der Waals surface area (Å²) in [7, 11) is 0. The summed E-state index contributed by atoms with van der Waals surface area (Å²) in [6.45, 7) is 7.71. The Morgan fingerprint density at radius 3 is 2.50 bits per heavy atom. The molecule has 1 fully saturated rings. The number of aromatic nitrogens is 2. The minimum Gasteiger partial charge on any atom is -0.505 e. The summed E-state index contributed by atoms with van der Waals surface area (Å²) in [5, 5.41) is 13.7. The molecule has 0 spiro atoms. The summed E-state index contributed by atoms with van der Waals surface area (Å²) in [5.41, 5.74) is -0.0486. The van der Waals surface area contributed by atoms with Crippen molar-refractivity contribution in [1.82, 2.24) is 19.8 Å². The van der Waals surface area contributed by atoms with Crippen LogP contribution in [0.2, 0.25) is 0 Å². The standard InChI is InChI=1S/C31H37FN4O6/c1-19(15-25(38)42-31(2,3)4)34-29(40)26-28(39)27-23(17-21(18-33-27)16-20-8-10-22(32)11-9-20)36(30(26)41)14-13-35-12-6-5-7-24(35)37/h8-11,17-19,39H,5-7,12-16H2,1-4H3,(H,34,40)/t19-/m1/s1. The zero-order valence-corrected chi connectivity index (χ0v) is 24.4. The van der Waals surface area contributed by atoms with Gasteiger partial charge < -0.3 is 24.6 Å². The Kier molecular flexibility index (Phi) is 9.28. The number of carbonyl (C=O) groups excluding carboxylic acids is 3. The number of hydrogen-bond acceptors (Lipinski definition) is 7. The van der Waals surface area contributed by atoms with Gasteiger partial charge in [-0.2, -0.15) is 0 Å². The third-order valence-corrected chi connectivity index (χ3v) is 6.97. The van der Waals surface area contributed by atoms with Gasteiger partial charge in [0.2, 0.25) is 5.91 Å². The fourth-order valence-electron chi connectivity index (χ4n) is 5.01. The normalized spacial score (nSPS) is 14.6. The van der Waals surface area contributed by atoms with Crippen LogP contribution in [0.1, 0.15) is 74.9 Å². The Bertz CT molecular complexity index is 1540. The predicted molar refractivity (Wildman–Crippen MR) is 155 cm³/mol. The number of nitrogens with one attached hydrogen (secondary N) is 1. The van der Waals surface area contributed by atoms with E-state index >= 15 is 0 Å². The maximum absolute atomic E-state index is 13.8. The fraction of sp³-hybridized carbons (Fsp3) is 0.452. The first-order valence-corrected chi connectivity index (χ1v) is 14.1. The van der Waals surface area contributed by atoms with Crippen molar-refractivity contribution in [2.75, 3.05) is 13.1 Å². The zero-order chi connectivity index (χ0) is 30.6. The van der Waals surface area contributed by atoms with Gasteiger partial charge in [0.15, 0.2) is 5.75 Å². The lowest BCUT2D eigenvalue weighted by Gasteiger charge is -2.27. The van der Waals surface area contributed by atoms with Crippen molar-refractivity contribution in [3.63, 3.8) is 0 Å². The molecule has 0 radical (unpaired) electrons. The number of aromatic hydroxyl groups is 1. The van der Waals surface area contributed by atoms with Crippen molar-refractivity contribution >= 4 is 28.8 Å². The summed E-state index contributed by atoms with van der Waals surface area (Å²) in [4.78, 5) is 57.8. The fourth-order valence-corrected chi connectivity index (χ4v) is 5.01. The Hall–Kier alpha value is -4.28. The van der Waals surface area contributed by atoms with Crippen molar-refractivity contribution in [3.05, 3.63) is 69.4 Å². The van der Waals surface area contributed by atoms with E-state index in [2.05, 4.69) is 10.3 Å². The van der Waals surface area contributed by atoms with Gasteiger partial charge in [-0.15, -0.1) is 0 Å². The lowest BCUT2D eigenvalue weighted by Crippen LogP contribution is -2.41. The average molecular weight is 581 g/mol. The molecule has 2 N–H and O–H groups in total. The number of ether oxygens (including phenoxy) is 1. The second-order valence-corrected chi connectivity index (χ2v) is 11.7. The molecular weight excluding hydrogens is 543 g/mol. The first-order valence-electron chi connectivity index (χ1n) is 14.1. The number of rotatable bonds is 9. The van der Waals surface area contributed by atoms with E-state index in [-0.39, 0.29) is 36.8 Å². The van der Waals surface area contributed by atoms with Crippen LogP contribution in [0.25, 0.3) is 11.0 Å². The second kappa shape index (κ2) is 12.7. The Balaban J connectivity index is 1.69. The molecule has 0 unspecified atom stereocenters. The van der Waals surface area contributed by atoms with Crippen LogP contribution >= 0.6 is 0 Å². The minimum absolute atomic E-state index is 0.00133. The van der Waals surface area contributed by atoms with Gasteiger partial charge in [-0.1, -0.05) is 12.1 Å². The van der Waals surface area contributed by atoms with Gasteiger partial charge >= 0.3 is 5.97 Å². The van der Waals surface area contributed by atoms with Crippen LogP contribution in [0.5, 0.6) is 5.75 Å². The molecule has 2 aromatic heterocycles. The van der Waals surface area contributed by atoms with E-state index < -0.39 is 40.4 Å². The van der Waals surface area contributed by atoms with Gasteiger partial charge in [0.1, 0.15) is 22.5 Å². The lowest BCUT2D eigenvalue weighted by molar-refractivity contribution is -0.155. The number of nitrogens with zero attached hydrogens (tertiary/aromatic N) is 3. The van der Waals surface area contributed by atoms with Crippen LogP contribution in [0.15, 0.2) is 41.3 Å². The number of carbonyl (C=O) groups is 3. The molecule has 0 saturated carbocycles. The van der Waals surface area contributed by atoms with Crippen LogP contribution in [0.4, 0.5) is 4.39 Å². The first kappa shape index (κ1) is 30.7. The highest BCUT2D eigenvalue weighted by atomic mass is 19.1. The number of hydrogen-bond donors (Lipinski definition) is 2. The van der Waals surface area contributed by atoms with E-state index in [1.807, 2.05) is 0 Å². The lowest BCUT2D eigenvalue weighted by atomic mass is 10.0. The Morgan fingerprint density at radius 2 is 1.83 bits per heavy atom. The monoisotopic (exact) mass is 580 g/mol. The highest BCUT2D eigenvalue weighted by molar-refractivity contribution is 6.01. The van der Waals surface area contributed by atoms with Crippen LogP contribution in [0.3, 0.4) is 0 Å². The molecule has 0 aliphatic carbocycles. The molecule has 1 saturated heterocycles. The summed E-state index contributed by atoms with van der Waals surface area (Å²) >= 11 is 0. The maximum atomic E-state index is 13.8. The first-order chi connectivity index (χ1) is 19.8. The van der Waals surface area contributed by atoms with Crippen LogP contribution in [-0.2, 0) is 27.3 Å². The summed E-state index contributed by atoms with van der Waals surface area (Å²) in [6, 6.07) is 7.03. The zero-order valence-electron chi connectivity index (χ0n) is 24.4. The quantitative estimate of drug-likeness (QED) is 0.369. The van der Waals surface area contributed by atoms with Crippen molar-refractivity contribution in [2.45, 2.75) is 78.0 Å². The number of fused-ring (bicyclic) bond motifs is 1. The number of piperidine rings is 1. The van der Waals surface area contributed by atoms with E-state index in [1.54, 1.807) is 50.8 Å². The molecule has 224 valence electrons. The second-order valence-electron chi connectivity index (χ2n) is 11.7. The molecule has 10 nitrogen and oxygen atoms in total. The summed E-state index contributed by atoms with van der Waals surface area (Å²) < 4.78 is 20.1. The number of pyridine rings is 2. The predicted octanol–water partition coefficient (Wildman–Crippen LogP) is 3.69. The number of halogens is 1. The molecule has 11 heteroatoms. The van der Waals surface area contributed by atoms with Crippen molar-refractivity contribution in [2.24, 2.45) is 0 Å². The maximum Gasteiger partial charge on any atom is 0.308 e. The SMILES string of the molecule is C[C@H](CC(=O)OC(C)(C)C)NC(=O)c1c(O)c2ncc(Cc3ccc(F)cc3)cc2n(CCN2CCCCC2=O)c1=O. The number of amides is 2. The van der Waals surface area contributed by atoms with Crippen LogP contribution in [-0.4, -0.2) is 62.1 Å². The average Bonchev–Trinajstić information content (AvgIpc) is 2.89. The topological polar surface area (TPSA) is 131 Å². The van der Waals surface area contributed by atoms with Gasteiger partial charge in [0.25, 0.3) is 11.5 Å². The third kappa shape index (κ3) is 7.51. The molecule has 3 heterocycles. The highest BCUT2D eigenvalue weighted by Crippen LogP contribution is 2.26. The molecule has 1 aliphatic rings. The van der Waals surface area contributed by atoms with E-state index in [9.17, 15) is 28.7 Å². The molecule has 1 atom stereocenters. The minimum atomic E-state index is -0.851. The number of likely N-dealkylation sites (tertiary alicyclic amines) is 1. The molecular formula is C31H37FN4O6. The number of esters is 1. The van der Waals surface area contributed by atoms with E-state index in [4.69, 9.17) is 4.74 Å². The molecule has 1 aliphatic heterocycles. The van der Waals surface area contributed by atoms with Crippen molar-refractivity contribution in [3.8, 4) is 5.75 Å². The van der Waals surface area contributed by atoms with Gasteiger partial charge in [-0.05, 0) is 76.3 Å². The summed E-state index contributed by atoms with van der Waals surface area (Å²) in [6.07, 6.45) is 3.92.